The van der Waals surface area contributed by atoms with E-state index in [1.54, 1.807) is 6.07 Å². The fourth-order valence-corrected chi connectivity index (χ4v) is 5.04. The van der Waals surface area contributed by atoms with E-state index in [0.29, 0.717) is 23.6 Å². The molecule has 0 saturated carbocycles. The summed E-state index contributed by atoms with van der Waals surface area (Å²) in [5.74, 6) is 0.215. The van der Waals surface area contributed by atoms with Crippen molar-refractivity contribution in [3.8, 4) is 5.75 Å². The predicted octanol–water partition coefficient (Wildman–Crippen LogP) is 7.32. The van der Waals surface area contributed by atoms with Crippen molar-refractivity contribution in [2.45, 2.75) is 24.7 Å². The summed E-state index contributed by atoms with van der Waals surface area (Å²) in [7, 11) is 0. The van der Waals surface area contributed by atoms with E-state index in [9.17, 15) is 4.79 Å². The van der Waals surface area contributed by atoms with E-state index >= 15 is 0 Å². The van der Waals surface area contributed by atoms with E-state index in [0.717, 1.165) is 28.0 Å². The van der Waals surface area contributed by atoms with Gasteiger partial charge in [-0.05, 0) is 35.7 Å². The molecule has 200 valence electrons. The molecule has 0 aliphatic rings. The summed E-state index contributed by atoms with van der Waals surface area (Å²) in [5, 5.41) is 0.489. The van der Waals surface area contributed by atoms with E-state index < -0.39 is 17.6 Å². The molecular formula is C35H30ClNO3. The lowest BCUT2D eigenvalue weighted by Crippen LogP contribution is -2.42. The van der Waals surface area contributed by atoms with Gasteiger partial charge < -0.3 is 15.2 Å². The van der Waals surface area contributed by atoms with Gasteiger partial charge in [0.15, 0.2) is 5.60 Å². The van der Waals surface area contributed by atoms with Crippen LogP contribution < -0.4 is 10.5 Å². The monoisotopic (exact) mass is 547 g/mol. The van der Waals surface area contributed by atoms with Crippen LogP contribution in [-0.2, 0) is 28.2 Å². The molecule has 0 spiro atoms. The summed E-state index contributed by atoms with van der Waals surface area (Å²) in [6, 6.07) is 43.4. The lowest BCUT2D eigenvalue weighted by Gasteiger charge is -2.36. The number of hydrogen-bond acceptors (Lipinski definition) is 4. The number of nitrogens with two attached hydrogens (primary N) is 1. The van der Waals surface area contributed by atoms with Crippen LogP contribution in [0.15, 0.2) is 140 Å². The lowest BCUT2D eigenvalue weighted by molar-refractivity contribution is -0.155. The smallest absolute Gasteiger partial charge is 0.324 e. The second-order valence-electron chi connectivity index (χ2n) is 9.54. The Balaban J connectivity index is 1.39. The molecule has 0 fully saturated rings. The van der Waals surface area contributed by atoms with Crippen molar-refractivity contribution in [1.82, 2.24) is 0 Å². The highest BCUT2D eigenvalue weighted by molar-refractivity contribution is 6.31. The van der Waals surface area contributed by atoms with Crippen molar-refractivity contribution in [1.29, 1.82) is 0 Å². The van der Waals surface area contributed by atoms with Gasteiger partial charge in [0.1, 0.15) is 18.4 Å². The lowest BCUT2D eigenvalue weighted by atomic mass is 9.80. The van der Waals surface area contributed by atoms with Gasteiger partial charge in [0.05, 0.1) is 0 Å². The van der Waals surface area contributed by atoms with Gasteiger partial charge in [-0.2, -0.15) is 0 Å². The van der Waals surface area contributed by atoms with E-state index in [4.69, 9.17) is 26.8 Å². The van der Waals surface area contributed by atoms with E-state index in [1.807, 2.05) is 133 Å². The number of carbonyl (C=O) groups excluding carboxylic acids is 1. The van der Waals surface area contributed by atoms with Crippen molar-refractivity contribution in [3.05, 3.63) is 172 Å². The van der Waals surface area contributed by atoms with Gasteiger partial charge in [-0.1, -0.05) is 133 Å². The quantitative estimate of drug-likeness (QED) is 0.147. The second-order valence-corrected chi connectivity index (χ2v) is 9.95. The minimum absolute atomic E-state index is 0.306. The molecule has 4 nitrogen and oxygen atoms in total. The van der Waals surface area contributed by atoms with Gasteiger partial charge in [-0.3, -0.25) is 4.79 Å². The Morgan fingerprint density at radius 2 is 1.20 bits per heavy atom. The first-order valence-electron chi connectivity index (χ1n) is 13.2. The Morgan fingerprint density at radius 1 is 0.675 bits per heavy atom. The van der Waals surface area contributed by atoms with Crippen LogP contribution >= 0.6 is 11.6 Å². The molecule has 5 aromatic carbocycles. The maximum Gasteiger partial charge on any atom is 0.324 e. The highest BCUT2D eigenvalue weighted by Gasteiger charge is 2.42. The predicted molar refractivity (Wildman–Crippen MR) is 159 cm³/mol. The van der Waals surface area contributed by atoms with Gasteiger partial charge in [-0.25, -0.2) is 0 Å². The van der Waals surface area contributed by atoms with Crippen LogP contribution in [0.5, 0.6) is 5.75 Å². The molecular weight excluding hydrogens is 518 g/mol. The number of esters is 1. The van der Waals surface area contributed by atoms with Gasteiger partial charge in [-0.15, -0.1) is 0 Å². The Bertz CT molecular complexity index is 1480. The summed E-state index contributed by atoms with van der Waals surface area (Å²) >= 11 is 6.75. The standard InChI is InChI=1S/C35H30ClNO3/c36-32-19-11-10-18-31(32)35(28-14-6-2-7-15-28,29-16-8-3-9-17-29)40-34(38)33(37)24-26-20-22-30(23-21-26)39-25-27-12-4-1-5-13-27/h1-23,33H,24-25,37H2/t33-/m0/s1. The largest absolute Gasteiger partial charge is 0.489 e. The normalized spacial score (nSPS) is 11.9. The number of ether oxygens (including phenoxy) is 2. The third kappa shape index (κ3) is 6.09. The zero-order valence-electron chi connectivity index (χ0n) is 22.0. The summed E-state index contributed by atoms with van der Waals surface area (Å²) in [4.78, 5) is 13.7. The van der Waals surface area contributed by atoms with Crippen LogP contribution in [0.3, 0.4) is 0 Å². The molecule has 0 radical (unpaired) electrons. The Kier molecular flexibility index (Phi) is 8.60. The van der Waals surface area contributed by atoms with Gasteiger partial charge in [0.25, 0.3) is 0 Å². The van der Waals surface area contributed by atoms with Crippen molar-refractivity contribution in [2.75, 3.05) is 0 Å². The van der Waals surface area contributed by atoms with Crippen LogP contribution in [0.25, 0.3) is 0 Å². The molecule has 5 rings (SSSR count). The minimum atomic E-state index is -1.29. The number of rotatable bonds is 10. The number of hydrogen-bond donors (Lipinski definition) is 1. The first kappa shape index (κ1) is 27.2. The van der Waals surface area contributed by atoms with Crippen molar-refractivity contribution in [2.24, 2.45) is 5.73 Å². The Hall–Kier alpha value is -4.38. The molecule has 0 saturated heterocycles. The average molecular weight is 548 g/mol. The van der Waals surface area contributed by atoms with Crippen molar-refractivity contribution in [3.63, 3.8) is 0 Å². The summed E-state index contributed by atoms with van der Waals surface area (Å²) in [5.41, 5.74) is 9.38. The third-order valence-electron chi connectivity index (χ3n) is 6.80. The Morgan fingerprint density at radius 3 is 1.77 bits per heavy atom. The molecule has 0 aliphatic carbocycles. The summed E-state index contributed by atoms with van der Waals surface area (Å²) in [6.07, 6.45) is 0.306. The van der Waals surface area contributed by atoms with Gasteiger partial charge >= 0.3 is 5.97 Å². The molecule has 5 heteroatoms. The first-order valence-corrected chi connectivity index (χ1v) is 13.5. The maximum atomic E-state index is 13.7. The fraction of sp³-hybridized carbons (Fsp3) is 0.114. The maximum absolute atomic E-state index is 13.7. The third-order valence-corrected chi connectivity index (χ3v) is 7.13. The Labute approximate surface area is 240 Å². The zero-order chi connectivity index (χ0) is 27.8. The van der Waals surface area contributed by atoms with Crippen LogP contribution in [0.2, 0.25) is 5.02 Å². The van der Waals surface area contributed by atoms with Crippen LogP contribution in [-0.4, -0.2) is 12.0 Å². The van der Waals surface area contributed by atoms with E-state index in [-0.39, 0.29) is 0 Å². The number of carbonyl (C=O) groups is 1. The van der Waals surface area contributed by atoms with Gasteiger partial charge in [0, 0.05) is 21.7 Å². The molecule has 0 amide bonds. The highest BCUT2D eigenvalue weighted by atomic mass is 35.5. The van der Waals surface area contributed by atoms with E-state index in [1.165, 1.54) is 0 Å². The minimum Gasteiger partial charge on any atom is -0.489 e. The summed E-state index contributed by atoms with van der Waals surface area (Å²) < 4.78 is 12.3. The molecule has 1 atom stereocenters. The average Bonchev–Trinajstić information content (AvgIpc) is 3.01. The first-order chi connectivity index (χ1) is 19.6. The molecule has 40 heavy (non-hydrogen) atoms. The zero-order valence-corrected chi connectivity index (χ0v) is 22.7. The van der Waals surface area contributed by atoms with Crippen LogP contribution in [0.4, 0.5) is 0 Å². The second kappa shape index (κ2) is 12.6. The molecule has 2 N–H and O–H groups in total. The summed E-state index contributed by atoms with van der Waals surface area (Å²) in [6.45, 7) is 0.481. The van der Waals surface area contributed by atoms with E-state index in [2.05, 4.69) is 0 Å². The highest BCUT2D eigenvalue weighted by Crippen LogP contribution is 2.43. The topological polar surface area (TPSA) is 61.5 Å². The number of benzene rings is 5. The molecule has 0 aromatic heterocycles. The van der Waals surface area contributed by atoms with Crippen LogP contribution in [0, 0.1) is 0 Å². The van der Waals surface area contributed by atoms with Crippen molar-refractivity contribution >= 4 is 17.6 Å². The SMILES string of the molecule is N[C@@H](Cc1ccc(OCc2ccccc2)cc1)C(=O)OC(c1ccccc1)(c1ccccc1)c1ccccc1Cl. The molecule has 0 bridgehead atoms. The molecule has 5 aromatic rings. The van der Waals surface area contributed by atoms with Crippen LogP contribution in [0.1, 0.15) is 27.8 Å². The van der Waals surface area contributed by atoms with Gasteiger partial charge in [0.2, 0.25) is 0 Å². The fourth-order valence-electron chi connectivity index (χ4n) is 4.77. The molecule has 0 heterocycles. The molecule has 0 aliphatic heterocycles. The number of halogens is 1. The molecule has 0 unspecified atom stereocenters. The van der Waals surface area contributed by atoms with Crippen molar-refractivity contribution < 1.29 is 14.3 Å².